The van der Waals surface area contributed by atoms with Crippen LogP contribution in [-0.4, -0.2) is 49.3 Å². The molecule has 0 aromatic heterocycles. The minimum absolute atomic E-state index is 0.0583. The van der Waals surface area contributed by atoms with Gasteiger partial charge in [0.1, 0.15) is 6.61 Å². The molecule has 57 heavy (non-hydrogen) atoms. The third-order valence-corrected chi connectivity index (χ3v) is 12.0. The number of unbranched alkanes of at least 4 members (excludes halogenated alkanes) is 34. The Morgan fingerprint density at radius 1 is 0.456 bits per heavy atom. The van der Waals surface area contributed by atoms with Crippen molar-refractivity contribution in [1.29, 1.82) is 0 Å². The highest BCUT2D eigenvalue weighted by atomic mass is 31.2. The van der Waals surface area contributed by atoms with Gasteiger partial charge in [-0.15, -0.1) is 0 Å². The highest BCUT2D eigenvalue weighted by molar-refractivity contribution is 7.47. The van der Waals surface area contributed by atoms with Crippen LogP contribution in [0.4, 0.5) is 0 Å². The summed E-state index contributed by atoms with van der Waals surface area (Å²) in [6.07, 6.45) is 45.6. The Labute approximate surface area is 352 Å². The summed E-state index contributed by atoms with van der Waals surface area (Å²) < 4.78 is 32.9. The summed E-state index contributed by atoms with van der Waals surface area (Å²) in [5.41, 5.74) is 5.36. The number of nitrogens with two attached hydrogens (primary N) is 1. The number of hydrogen-bond acceptors (Lipinski definition) is 8. The number of carbonyl (C=O) groups is 2. The normalized spacial score (nSPS) is 13.1. The van der Waals surface area contributed by atoms with E-state index in [-0.39, 0.29) is 38.6 Å². The fourth-order valence-electron chi connectivity index (χ4n) is 7.34. The number of carbonyl (C=O) groups excluding carboxylic acids is 2. The van der Waals surface area contributed by atoms with Crippen LogP contribution in [0.1, 0.15) is 258 Å². The maximum Gasteiger partial charge on any atom is 0.472 e. The SMILES string of the molecule is CCCCCCCCCCCCCCCCCCCCCCCC(=O)O[C@H](COC(=O)CCCCCCCCCCCCCCCCC)COP(=O)(O)OCCN. The van der Waals surface area contributed by atoms with Crippen LogP contribution in [0.5, 0.6) is 0 Å². The average molecular weight is 832 g/mol. The molecule has 0 saturated carbocycles. The van der Waals surface area contributed by atoms with Crippen molar-refractivity contribution in [3.63, 3.8) is 0 Å². The van der Waals surface area contributed by atoms with Crippen LogP contribution in [-0.2, 0) is 32.7 Å². The van der Waals surface area contributed by atoms with E-state index in [0.717, 1.165) is 32.1 Å². The van der Waals surface area contributed by atoms with E-state index < -0.39 is 26.5 Å². The second kappa shape index (κ2) is 44.6. The molecular weight excluding hydrogens is 737 g/mol. The van der Waals surface area contributed by atoms with Gasteiger partial charge in [-0.25, -0.2) is 4.57 Å². The molecule has 9 nitrogen and oxygen atoms in total. The molecule has 0 aliphatic carbocycles. The molecule has 0 saturated heterocycles. The van der Waals surface area contributed by atoms with Crippen LogP contribution in [0.2, 0.25) is 0 Å². The Morgan fingerprint density at radius 3 is 1.07 bits per heavy atom. The van der Waals surface area contributed by atoms with Crippen LogP contribution < -0.4 is 5.73 Å². The van der Waals surface area contributed by atoms with Gasteiger partial charge in [0, 0.05) is 19.4 Å². The second-order valence-electron chi connectivity index (χ2n) is 16.7. The second-order valence-corrected chi connectivity index (χ2v) is 18.2. The zero-order valence-corrected chi connectivity index (χ0v) is 38.5. The van der Waals surface area contributed by atoms with Crippen molar-refractivity contribution < 1.29 is 37.6 Å². The van der Waals surface area contributed by atoms with E-state index in [1.54, 1.807) is 0 Å². The number of hydrogen-bond donors (Lipinski definition) is 2. The molecule has 0 fully saturated rings. The Morgan fingerprint density at radius 2 is 0.754 bits per heavy atom. The molecule has 0 spiro atoms. The van der Waals surface area contributed by atoms with Gasteiger partial charge < -0.3 is 20.1 Å². The van der Waals surface area contributed by atoms with E-state index in [2.05, 4.69) is 13.8 Å². The van der Waals surface area contributed by atoms with Crippen molar-refractivity contribution in [3.05, 3.63) is 0 Å². The summed E-state index contributed by atoms with van der Waals surface area (Å²) in [6, 6.07) is 0. The first kappa shape index (κ1) is 56.0. The largest absolute Gasteiger partial charge is 0.472 e. The Bertz CT molecular complexity index is 907. The Kier molecular flexibility index (Phi) is 43.8. The van der Waals surface area contributed by atoms with Gasteiger partial charge in [0.25, 0.3) is 0 Å². The van der Waals surface area contributed by atoms with E-state index >= 15 is 0 Å². The van der Waals surface area contributed by atoms with Gasteiger partial charge in [-0.3, -0.25) is 18.6 Å². The van der Waals surface area contributed by atoms with Gasteiger partial charge >= 0.3 is 19.8 Å². The van der Waals surface area contributed by atoms with E-state index in [4.69, 9.17) is 24.3 Å². The number of phosphoric acid groups is 1. The lowest BCUT2D eigenvalue weighted by Crippen LogP contribution is -2.29. The monoisotopic (exact) mass is 832 g/mol. The first-order valence-electron chi connectivity index (χ1n) is 24.5. The van der Waals surface area contributed by atoms with E-state index in [0.29, 0.717) is 6.42 Å². The maximum atomic E-state index is 12.6. The van der Waals surface area contributed by atoms with Crippen molar-refractivity contribution in [2.45, 2.75) is 264 Å². The lowest BCUT2D eigenvalue weighted by Gasteiger charge is -2.19. The molecule has 10 heteroatoms. The third kappa shape index (κ3) is 44.4. The van der Waals surface area contributed by atoms with Crippen molar-refractivity contribution >= 4 is 19.8 Å². The highest BCUT2D eigenvalue weighted by Crippen LogP contribution is 2.43. The van der Waals surface area contributed by atoms with E-state index in [9.17, 15) is 19.0 Å². The van der Waals surface area contributed by atoms with Gasteiger partial charge in [0.05, 0.1) is 13.2 Å². The van der Waals surface area contributed by atoms with E-state index in [1.807, 2.05) is 0 Å². The van der Waals surface area contributed by atoms with Crippen molar-refractivity contribution in [1.82, 2.24) is 0 Å². The number of ether oxygens (including phenoxy) is 2. The fraction of sp³-hybridized carbons (Fsp3) is 0.957. The standard InChI is InChI=1S/C47H94NO8P/c1-3-5-7-9-11-13-15-17-19-20-21-22-23-24-26-28-30-32-34-36-38-40-47(50)56-45(44-55-57(51,52)54-42-41-48)43-53-46(49)39-37-35-33-31-29-27-25-18-16-14-12-10-8-6-4-2/h45H,3-44,48H2,1-2H3,(H,51,52)/t45-/m1/s1. The molecule has 0 aromatic rings. The summed E-state index contributed by atoms with van der Waals surface area (Å²) >= 11 is 0. The molecule has 0 radical (unpaired) electrons. The minimum atomic E-state index is -4.37. The predicted octanol–water partition coefficient (Wildman–Crippen LogP) is 14.4. The average Bonchev–Trinajstić information content (AvgIpc) is 3.20. The van der Waals surface area contributed by atoms with Crippen LogP contribution >= 0.6 is 7.82 Å². The molecule has 340 valence electrons. The van der Waals surface area contributed by atoms with Crippen molar-refractivity contribution in [2.24, 2.45) is 5.73 Å². The van der Waals surface area contributed by atoms with Crippen LogP contribution in [0.25, 0.3) is 0 Å². The van der Waals surface area contributed by atoms with E-state index in [1.165, 1.54) is 193 Å². The van der Waals surface area contributed by atoms with Crippen LogP contribution in [0.3, 0.4) is 0 Å². The Hall–Kier alpha value is -0.990. The summed E-state index contributed by atoms with van der Waals surface area (Å²) in [5, 5.41) is 0. The summed E-state index contributed by atoms with van der Waals surface area (Å²) in [5.74, 6) is -0.808. The zero-order valence-electron chi connectivity index (χ0n) is 37.6. The number of esters is 2. The molecule has 2 atom stereocenters. The topological polar surface area (TPSA) is 134 Å². The van der Waals surface area contributed by atoms with Gasteiger partial charge in [0.2, 0.25) is 0 Å². The Balaban J connectivity index is 4.00. The van der Waals surface area contributed by atoms with Gasteiger partial charge in [-0.2, -0.15) is 0 Å². The number of phosphoric ester groups is 1. The summed E-state index contributed by atoms with van der Waals surface area (Å²) in [4.78, 5) is 35.0. The lowest BCUT2D eigenvalue weighted by atomic mass is 10.0. The van der Waals surface area contributed by atoms with Gasteiger partial charge in [0.15, 0.2) is 6.10 Å². The predicted molar refractivity (Wildman–Crippen MR) is 238 cm³/mol. The lowest BCUT2D eigenvalue weighted by molar-refractivity contribution is -0.161. The molecule has 0 rings (SSSR count). The van der Waals surface area contributed by atoms with Crippen molar-refractivity contribution in [2.75, 3.05) is 26.4 Å². The van der Waals surface area contributed by atoms with Crippen LogP contribution in [0, 0.1) is 0 Å². The molecule has 0 amide bonds. The molecule has 0 aromatic carbocycles. The summed E-state index contributed by atoms with van der Waals surface area (Å²) in [7, 11) is -4.37. The third-order valence-electron chi connectivity index (χ3n) is 11.0. The molecule has 3 N–H and O–H groups in total. The first-order valence-corrected chi connectivity index (χ1v) is 26.0. The zero-order chi connectivity index (χ0) is 41.8. The fourth-order valence-corrected chi connectivity index (χ4v) is 8.11. The summed E-state index contributed by atoms with van der Waals surface area (Å²) in [6.45, 7) is 3.79. The smallest absolute Gasteiger partial charge is 0.462 e. The van der Waals surface area contributed by atoms with Crippen LogP contribution in [0.15, 0.2) is 0 Å². The van der Waals surface area contributed by atoms with Gasteiger partial charge in [-0.05, 0) is 12.8 Å². The molecule has 0 aliphatic heterocycles. The number of rotatable bonds is 47. The molecule has 1 unspecified atom stereocenters. The molecule has 0 heterocycles. The molecular formula is C47H94NO8P. The molecule has 0 bridgehead atoms. The highest BCUT2D eigenvalue weighted by Gasteiger charge is 2.26. The minimum Gasteiger partial charge on any atom is -0.462 e. The maximum absolute atomic E-state index is 12.6. The molecule has 0 aliphatic rings. The first-order chi connectivity index (χ1) is 27.8. The quantitative estimate of drug-likeness (QED) is 0.0349. The van der Waals surface area contributed by atoms with Gasteiger partial charge in [-0.1, -0.05) is 232 Å². The van der Waals surface area contributed by atoms with Crippen molar-refractivity contribution in [3.8, 4) is 0 Å².